The van der Waals surface area contributed by atoms with Gasteiger partial charge in [0.15, 0.2) is 0 Å². The lowest BCUT2D eigenvalue weighted by molar-refractivity contribution is 1.14. The van der Waals surface area contributed by atoms with Crippen LogP contribution < -0.4 is 5.32 Å². The zero-order chi connectivity index (χ0) is 6.10. The first-order valence-corrected chi connectivity index (χ1v) is 3.76. The largest absolute Gasteiger partial charge is 0.372 e. The van der Waals surface area contributed by atoms with Gasteiger partial charge < -0.3 is 5.32 Å². The fourth-order valence-electron chi connectivity index (χ4n) is 0.660. The molecule has 0 spiro atoms. The van der Waals surface area contributed by atoms with Gasteiger partial charge in [-0.15, -0.1) is 5.10 Å². The Bertz CT molecular complexity index is 180. The zero-order valence-electron chi connectivity index (χ0n) is 4.87. The van der Waals surface area contributed by atoms with Gasteiger partial charge in [-0.05, 0) is 12.8 Å². The Morgan fingerprint density at radius 1 is 1.67 bits per heavy atom. The predicted molar refractivity (Wildman–Crippen MR) is 36.6 cm³/mol. The van der Waals surface area contributed by atoms with Crippen LogP contribution >= 0.6 is 11.5 Å². The van der Waals surface area contributed by atoms with Crippen molar-refractivity contribution in [1.82, 2.24) is 9.59 Å². The fraction of sp³-hybridized carbons (Fsp3) is 0.600. The first kappa shape index (κ1) is 5.17. The molecule has 0 bridgehead atoms. The second-order valence-corrected chi connectivity index (χ2v) is 2.99. The molecule has 0 atom stereocenters. The maximum Gasteiger partial charge on any atom is 0.130 e. The lowest BCUT2D eigenvalue weighted by atomic mass is 10.7. The van der Waals surface area contributed by atoms with Crippen LogP contribution in [0, 0.1) is 0 Å². The van der Waals surface area contributed by atoms with Crippen LogP contribution in [0.2, 0.25) is 0 Å². The second kappa shape index (κ2) is 1.95. The van der Waals surface area contributed by atoms with Crippen molar-refractivity contribution in [3.05, 3.63) is 6.20 Å². The van der Waals surface area contributed by atoms with Crippen LogP contribution in [0.15, 0.2) is 6.20 Å². The molecule has 9 heavy (non-hydrogen) atoms. The van der Waals surface area contributed by atoms with Gasteiger partial charge in [-0.1, -0.05) is 4.49 Å². The molecule has 0 saturated heterocycles. The molecule has 0 aromatic carbocycles. The average molecular weight is 141 g/mol. The van der Waals surface area contributed by atoms with Crippen molar-refractivity contribution in [3.63, 3.8) is 0 Å². The Balaban J connectivity index is 1.99. The van der Waals surface area contributed by atoms with Crippen LogP contribution in [-0.2, 0) is 0 Å². The molecule has 3 nitrogen and oxygen atoms in total. The van der Waals surface area contributed by atoms with Crippen molar-refractivity contribution in [1.29, 1.82) is 0 Å². The highest BCUT2D eigenvalue weighted by Gasteiger charge is 2.21. The second-order valence-electron chi connectivity index (χ2n) is 2.20. The van der Waals surface area contributed by atoms with Gasteiger partial charge in [0.05, 0.1) is 6.20 Å². The van der Waals surface area contributed by atoms with Crippen LogP contribution in [0.25, 0.3) is 0 Å². The summed E-state index contributed by atoms with van der Waals surface area (Å²) in [6.07, 6.45) is 4.37. The minimum atomic E-state index is 0.715. The lowest BCUT2D eigenvalue weighted by Crippen LogP contribution is -1.97. The first-order valence-electron chi connectivity index (χ1n) is 2.99. The van der Waals surface area contributed by atoms with E-state index in [2.05, 4.69) is 14.9 Å². The van der Waals surface area contributed by atoms with Crippen molar-refractivity contribution >= 4 is 16.5 Å². The van der Waals surface area contributed by atoms with E-state index in [1.165, 1.54) is 24.4 Å². The standard InChI is InChI=1S/C5H7N3S/c1-2-4(1)7-5-3-6-8-9-5/h3-4,7H,1-2H2. The number of rotatable bonds is 2. The Labute approximate surface area is 57.3 Å². The summed E-state index contributed by atoms with van der Waals surface area (Å²) in [6, 6.07) is 0.715. The maximum atomic E-state index is 3.73. The number of hydrogen-bond acceptors (Lipinski definition) is 4. The van der Waals surface area contributed by atoms with Crippen molar-refractivity contribution < 1.29 is 0 Å². The number of nitrogens with one attached hydrogen (secondary N) is 1. The van der Waals surface area contributed by atoms with Gasteiger partial charge >= 0.3 is 0 Å². The molecule has 2 rings (SSSR count). The van der Waals surface area contributed by atoms with Gasteiger partial charge in [-0.3, -0.25) is 0 Å². The molecule has 48 valence electrons. The SMILES string of the molecule is c1nnsc1NC1CC1. The van der Waals surface area contributed by atoms with Gasteiger partial charge in [0.2, 0.25) is 0 Å². The monoisotopic (exact) mass is 141 g/mol. The summed E-state index contributed by atoms with van der Waals surface area (Å²) < 4.78 is 3.73. The molecule has 0 aliphatic heterocycles. The summed E-state index contributed by atoms with van der Waals surface area (Å²) in [5, 5.41) is 8.09. The predicted octanol–water partition coefficient (Wildman–Crippen LogP) is 1.11. The van der Waals surface area contributed by atoms with Crippen LogP contribution in [0.3, 0.4) is 0 Å². The molecule has 1 N–H and O–H groups in total. The van der Waals surface area contributed by atoms with E-state index in [-0.39, 0.29) is 0 Å². The Morgan fingerprint density at radius 3 is 3.11 bits per heavy atom. The van der Waals surface area contributed by atoms with Gasteiger partial charge in [-0.25, -0.2) is 0 Å². The fourth-order valence-corrected chi connectivity index (χ4v) is 1.16. The van der Waals surface area contributed by atoms with E-state index >= 15 is 0 Å². The van der Waals surface area contributed by atoms with E-state index < -0.39 is 0 Å². The highest BCUT2D eigenvalue weighted by atomic mass is 32.1. The molecule has 0 radical (unpaired) electrons. The molecule has 1 aromatic heterocycles. The van der Waals surface area contributed by atoms with Crippen molar-refractivity contribution in [2.75, 3.05) is 5.32 Å². The lowest BCUT2D eigenvalue weighted by Gasteiger charge is -1.93. The summed E-state index contributed by atoms with van der Waals surface area (Å²) in [6.45, 7) is 0. The molecule has 1 saturated carbocycles. The van der Waals surface area contributed by atoms with Crippen molar-refractivity contribution in [2.45, 2.75) is 18.9 Å². The van der Waals surface area contributed by atoms with E-state index in [0.717, 1.165) is 5.00 Å². The first-order chi connectivity index (χ1) is 4.45. The molecule has 1 aromatic rings. The van der Waals surface area contributed by atoms with Crippen LogP contribution in [0.5, 0.6) is 0 Å². The van der Waals surface area contributed by atoms with E-state index in [0.29, 0.717) is 6.04 Å². The van der Waals surface area contributed by atoms with E-state index in [9.17, 15) is 0 Å². The van der Waals surface area contributed by atoms with Crippen molar-refractivity contribution in [3.8, 4) is 0 Å². The number of nitrogens with zero attached hydrogens (tertiary/aromatic N) is 2. The Hall–Kier alpha value is -0.640. The summed E-state index contributed by atoms with van der Waals surface area (Å²) in [5.41, 5.74) is 0. The molecule has 1 aliphatic carbocycles. The molecular weight excluding hydrogens is 134 g/mol. The van der Waals surface area contributed by atoms with Crippen molar-refractivity contribution in [2.24, 2.45) is 0 Å². The van der Waals surface area contributed by atoms with Gasteiger partial charge in [0.25, 0.3) is 0 Å². The molecular formula is C5H7N3S. The van der Waals surface area contributed by atoms with Gasteiger partial charge in [0, 0.05) is 17.6 Å². The summed E-state index contributed by atoms with van der Waals surface area (Å²) in [4.78, 5) is 0. The molecule has 4 heteroatoms. The van der Waals surface area contributed by atoms with Crippen LogP contribution in [0.4, 0.5) is 5.00 Å². The van der Waals surface area contributed by atoms with Gasteiger partial charge in [0.1, 0.15) is 5.00 Å². The zero-order valence-corrected chi connectivity index (χ0v) is 5.69. The Kier molecular flexibility index (Phi) is 1.12. The topological polar surface area (TPSA) is 37.8 Å². The smallest absolute Gasteiger partial charge is 0.130 e. The number of aromatic nitrogens is 2. The highest BCUT2D eigenvalue weighted by molar-refractivity contribution is 7.09. The molecule has 0 unspecified atom stereocenters. The van der Waals surface area contributed by atoms with E-state index in [4.69, 9.17) is 0 Å². The highest BCUT2D eigenvalue weighted by Crippen LogP contribution is 2.25. The Morgan fingerprint density at radius 2 is 2.56 bits per heavy atom. The third-order valence-electron chi connectivity index (χ3n) is 1.29. The van der Waals surface area contributed by atoms with E-state index in [1.807, 2.05) is 0 Å². The van der Waals surface area contributed by atoms with Crippen LogP contribution in [-0.4, -0.2) is 15.6 Å². The third-order valence-corrected chi connectivity index (χ3v) is 1.88. The average Bonchev–Trinajstić information content (AvgIpc) is 2.46. The normalized spacial score (nSPS) is 17.8. The van der Waals surface area contributed by atoms with E-state index in [1.54, 1.807) is 6.20 Å². The number of anilines is 1. The summed E-state index contributed by atoms with van der Waals surface area (Å²) in [5.74, 6) is 0. The molecule has 1 fully saturated rings. The molecule has 1 aliphatic rings. The van der Waals surface area contributed by atoms with Crippen LogP contribution in [0.1, 0.15) is 12.8 Å². The van der Waals surface area contributed by atoms with Gasteiger partial charge in [-0.2, -0.15) is 0 Å². The third kappa shape index (κ3) is 1.18. The quantitative estimate of drug-likeness (QED) is 0.670. The minimum Gasteiger partial charge on any atom is -0.372 e. The summed E-state index contributed by atoms with van der Waals surface area (Å²) in [7, 11) is 0. The number of hydrogen-bond donors (Lipinski definition) is 1. The molecule has 1 heterocycles. The summed E-state index contributed by atoms with van der Waals surface area (Å²) >= 11 is 1.42. The maximum absolute atomic E-state index is 3.73. The minimum absolute atomic E-state index is 0.715. The molecule has 0 amide bonds.